The molecule has 2 nitrogen and oxygen atoms in total. The Balaban J connectivity index is 1.99. The zero-order valence-electron chi connectivity index (χ0n) is 16.9. The second kappa shape index (κ2) is 8.90. The van der Waals surface area contributed by atoms with E-state index in [-0.39, 0.29) is 11.8 Å². The van der Waals surface area contributed by atoms with Crippen LogP contribution in [0.4, 0.5) is 0 Å². The highest BCUT2D eigenvalue weighted by Crippen LogP contribution is 2.48. The van der Waals surface area contributed by atoms with Crippen LogP contribution in [0.2, 0.25) is 0 Å². The molecule has 3 aromatic carbocycles. The normalized spacial score (nSPS) is 13.7. The van der Waals surface area contributed by atoms with Crippen LogP contribution in [-0.2, 0) is 18.2 Å². The maximum absolute atomic E-state index is 11.1. The van der Waals surface area contributed by atoms with Crippen LogP contribution >= 0.6 is 8.58 Å². The van der Waals surface area contributed by atoms with E-state index in [0.717, 1.165) is 29.5 Å². The summed E-state index contributed by atoms with van der Waals surface area (Å²) in [5.74, 6) is 0.405. The quantitative estimate of drug-likeness (QED) is 0.528. The molecule has 3 rings (SSSR count). The van der Waals surface area contributed by atoms with Gasteiger partial charge in [-0.15, -0.1) is 0 Å². The van der Waals surface area contributed by atoms with Gasteiger partial charge in [0.1, 0.15) is 5.75 Å². The van der Waals surface area contributed by atoms with Gasteiger partial charge in [-0.25, -0.2) is 0 Å². The molecule has 0 aliphatic rings. The number of para-hydroxylation sites is 1. The molecule has 0 aliphatic heterocycles. The van der Waals surface area contributed by atoms with E-state index < -0.39 is 0 Å². The van der Waals surface area contributed by atoms with Gasteiger partial charge in [-0.05, 0) is 40.9 Å². The average molecular weight is 392 g/mol. The molecule has 0 heterocycles. The summed E-state index contributed by atoms with van der Waals surface area (Å²) in [6.07, 6.45) is 1.63. The van der Waals surface area contributed by atoms with E-state index >= 15 is 0 Å². The fourth-order valence-electron chi connectivity index (χ4n) is 3.66. The summed E-state index contributed by atoms with van der Waals surface area (Å²) in [6.45, 7) is 6.54. The molecule has 2 atom stereocenters. The lowest BCUT2D eigenvalue weighted by atomic mass is 9.92. The second-order valence-corrected chi connectivity index (χ2v) is 9.41. The van der Waals surface area contributed by atoms with Crippen LogP contribution in [0.1, 0.15) is 48.1 Å². The van der Waals surface area contributed by atoms with Gasteiger partial charge in [0.2, 0.25) is 0 Å². The standard InChI is InChI=1S/C25H29O2P/c1-4-25(3,28-24-18(2)10-8-14-21(24)17-26)22-15-9-13-20(23(22)27)16-19-11-6-5-7-12-19/h5-15,26-28H,4,16-17H2,1-3H3. The summed E-state index contributed by atoms with van der Waals surface area (Å²) in [5, 5.41) is 22.0. The summed E-state index contributed by atoms with van der Waals surface area (Å²) in [7, 11) is 0.471. The summed E-state index contributed by atoms with van der Waals surface area (Å²) >= 11 is 0. The highest BCUT2D eigenvalue weighted by molar-refractivity contribution is 7.48. The number of rotatable bonds is 7. The summed E-state index contributed by atoms with van der Waals surface area (Å²) in [5.41, 5.74) is 5.33. The van der Waals surface area contributed by atoms with Gasteiger partial charge in [-0.2, -0.15) is 0 Å². The van der Waals surface area contributed by atoms with E-state index in [4.69, 9.17) is 0 Å². The first-order valence-corrected chi connectivity index (χ1v) is 10.8. The van der Waals surface area contributed by atoms with Crippen molar-refractivity contribution >= 4 is 13.9 Å². The molecule has 0 amide bonds. The highest BCUT2D eigenvalue weighted by Gasteiger charge is 2.30. The lowest BCUT2D eigenvalue weighted by Gasteiger charge is -2.32. The van der Waals surface area contributed by atoms with Gasteiger partial charge < -0.3 is 10.2 Å². The average Bonchev–Trinajstić information content (AvgIpc) is 2.71. The Bertz CT molecular complexity index is 937. The molecule has 0 aromatic heterocycles. The van der Waals surface area contributed by atoms with Gasteiger partial charge in [0.05, 0.1) is 6.61 Å². The fourth-order valence-corrected chi connectivity index (χ4v) is 5.32. The molecule has 0 aliphatic carbocycles. The number of benzene rings is 3. The second-order valence-electron chi connectivity index (χ2n) is 7.55. The molecular weight excluding hydrogens is 363 g/mol. The molecule has 2 unspecified atom stereocenters. The molecule has 0 saturated carbocycles. The van der Waals surface area contributed by atoms with Gasteiger partial charge in [0.25, 0.3) is 0 Å². The first-order valence-electron chi connectivity index (χ1n) is 9.81. The van der Waals surface area contributed by atoms with Gasteiger partial charge >= 0.3 is 0 Å². The number of aromatic hydroxyl groups is 1. The maximum Gasteiger partial charge on any atom is 0.123 e. The Hall–Kier alpha value is -2.15. The molecule has 2 N–H and O–H groups in total. The van der Waals surface area contributed by atoms with E-state index in [0.29, 0.717) is 14.3 Å². The Kier molecular flexibility index (Phi) is 6.54. The maximum atomic E-state index is 11.1. The van der Waals surface area contributed by atoms with Crippen molar-refractivity contribution in [3.63, 3.8) is 0 Å². The van der Waals surface area contributed by atoms with Crippen molar-refractivity contribution in [1.29, 1.82) is 0 Å². The summed E-state index contributed by atoms with van der Waals surface area (Å²) in [6, 6.07) is 22.5. The minimum Gasteiger partial charge on any atom is -0.507 e. The topological polar surface area (TPSA) is 40.5 Å². The van der Waals surface area contributed by atoms with E-state index in [1.165, 1.54) is 16.4 Å². The van der Waals surface area contributed by atoms with Crippen molar-refractivity contribution in [3.8, 4) is 5.75 Å². The Labute approximate surface area is 170 Å². The number of aliphatic hydroxyl groups excluding tert-OH is 1. The van der Waals surface area contributed by atoms with Crippen molar-refractivity contribution in [2.45, 2.75) is 45.4 Å². The predicted octanol–water partition coefficient (Wildman–Crippen LogP) is 5.41. The predicted molar refractivity (Wildman–Crippen MR) is 120 cm³/mol. The molecule has 28 heavy (non-hydrogen) atoms. The zero-order chi connectivity index (χ0) is 20.1. The molecule has 0 radical (unpaired) electrons. The number of hydrogen-bond acceptors (Lipinski definition) is 2. The number of phenols is 1. The SMILES string of the molecule is CCC(C)(Pc1c(C)cccc1CO)c1cccc(Cc2ccccc2)c1O. The molecule has 0 spiro atoms. The fraction of sp³-hybridized carbons (Fsp3) is 0.280. The van der Waals surface area contributed by atoms with Crippen molar-refractivity contribution in [2.24, 2.45) is 0 Å². The number of aryl methyl sites for hydroxylation is 1. The van der Waals surface area contributed by atoms with Gasteiger partial charge in [0.15, 0.2) is 0 Å². The Morgan fingerprint density at radius 3 is 2.25 bits per heavy atom. The molecule has 146 valence electrons. The summed E-state index contributed by atoms with van der Waals surface area (Å²) < 4.78 is 0. The minimum atomic E-state index is -0.188. The van der Waals surface area contributed by atoms with Crippen LogP contribution in [0.15, 0.2) is 66.7 Å². The van der Waals surface area contributed by atoms with Crippen LogP contribution in [0.5, 0.6) is 5.75 Å². The zero-order valence-corrected chi connectivity index (χ0v) is 17.9. The van der Waals surface area contributed by atoms with Gasteiger partial charge in [0, 0.05) is 17.1 Å². The molecular formula is C25H29O2P. The molecule has 0 saturated heterocycles. The van der Waals surface area contributed by atoms with Crippen molar-refractivity contribution in [3.05, 3.63) is 94.5 Å². The van der Waals surface area contributed by atoms with Crippen LogP contribution < -0.4 is 5.30 Å². The third-order valence-electron chi connectivity index (χ3n) is 5.59. The van der Waals surface area contributed by atoms with E-state index in [1.807, 2.05) is 36.4 Å². The molecule has 0 fully saturated rings. The lowest BCUT2D eigenvalue weighted by Crippen LogP contribution is -2.22. The highest BCUT2D eigenvalue weighted by atomic mass is 31.1. The van der Waals surface area contributed by atoms with Crippen LogP contribution in [-0.4, -0.2) is 10.2 Å². The number of phenolic OH excluding ortho intramolecular Hbond substituents is 1. The number of hydrogen-bond donors (Lipinski definition) is 2. The largest absolute Gasteiger partial charge is 0.507 e. The first kappa shape index (κ1) is 20.6. The third-order valence-corrected chi connectivity index (χ3v) is 7.73. The third kappa shape index (κ3) is 4.29. The molecule has 3 heteroatoms. The van der Waals surface area contributed by atoms with Crippen molar-refractivity contribution in [2.75, 3.05) is 0 Å². The van der Waals surface area contributed by atoms with E-state index in [2.05, 4.69) is 51.1 Å². The minimum absolute atomic E-state index is 0.0455. The monoisotopic (exact) mass is 392 g/mol. The van der Waals surface area contributed by atoms with Crippen LogP contribution in [0, 0.1) is 6.92 Å². The van der Waals surface area contributed by atoms with Crippen LogP contribution in [0.3, 0.4) is 0 Å². The van der Waals surface area contributed by atoms with Crippen molar-refractivity contribution < 1.29 is 10.2 Å². The van der Waals surface area contributed by atoms with Crippen LogP contribution in [0.25, 0.3) is 0 Å². The molecule has 0 bridgehead atoms. The number of aliphatic hydroxyl groups is 1. The van der Waals surface area contributed by atoms with Gasteiger partial charge in [-0.3, -0.25) is 0 Å². The smallest absolute Gasteiger partial charge is 0.123 e. The first-order chi connectivity index (χ1) is 13.5. The van der Waals surface area contributed by atoms with Crippen molar-refractivity contribution in [1.82, 2.24) is 0 Å². The van der Waals surface area contributed by atoms with E-state index in [9.17, 15) is 10.2 Å². The Morgan fingerprint density at radius 1 is 0.893 bits per heavy atom. The Morgan fingerprint density at radius 2 is 1.57 bits per heavy atom. The van der Waals surface area contributed by atoms with E-state index in [1.54, 1.807) is 0 Å². The lowest BCUT2D eigenvalue weighted by molar-refractivity contribution is 0.283. The molecule has 3 aromatic rings. The summed E-state index contributed by atoms with van der Waals surface area (Å²) in [4.78, 5) is 0. The van der Waals surface area contributed by atoms with Gasteiger partial charge in [-0.1, -0.05) is 89.2 Å².